The van der Waals surface area contributed by atoms with Crippen molar-refractivity contribution >= 4 is 29.1 Å². The molecule has 6 heteroatoms. The van der Waals surface area contributed by atoms with Gasteiger partial charge in [-0.25, -0.2) is 4.98 Å². The van der Waals surface area contributed by atoms with Crippen LogP contribution in [0.3, 0.4) is 0 Å². The van der Waals surface area contributed by atoms with E-state index in [4.69, 9.17) is 28.3 Å². The lowest BCUT2D eigenvalue weighted by molar-refractivity contribution is 0.0910. The van der Waals surface area contributed by atoms with Crippen molar-refractivity contribution in [3.05, 3.63) is 28.0 Å². The number of hydrogen-bond donors (Lipinski definition) is 2. The molecule has 94 valence electrons. The summed E-state index contributed by atoms with van der Waals surface area (Å²) in [5.74, 6) is -0.294. The number of rotatable bonds is 4. The molecule has 0 unspecified atom stereocenters. The van der Waals surface area contributed by atoms with E-state index in [1.165, 1.54) is 12.3 Å². The minimum Gasteiger partial charge on any atom is -0.396 e. The number of aliphatic hydroxyl groups excluding tert-OH is 1. The van der Waals surface area contributed by atoms with Gasteiger partial charge in [0.15, 0.2) is 0 Å². The summed E-state index contributed by atoms with van der Waals surface area (Å²) in [7, 11) is 0. The molecule has 0 spiro atoms. The number of nitrogens with zero attached hydrogens (tertiary/aromatic N) is 1. The zero-order chi connectivity index (χ0) is 13.1. The zero-order valence-corrected chi connectivity index (χ0v) is 11.1. The molecule has 0 aliphatic rings. The number of aromatic nitrogens is 1. The Morgan fingerprint density at radius 3 is 2.71 bits per heavy atom. The first-order valence-electron chi connectivity index (χ1n) is 5.06. The quantitative estimate of drug-likeness (QED) is 0.829. The molecule has 0 aliphatic carbocycles. The lowest BCUT2D eigenvalue weighted by Crippen LogP contribution is -2.36. The van der Waals surface area contributed by atoms with Gasteiger partial charge in [0.25, 0.3) is 5.91 Å². The maximum absolute atomic E-state index is 11.7. The molecular formula is C11H14Cl2N2O2. The Balaban J connectivity index is 2.68. The van der Waals surface area contributed by atoms with E-state index in [9.17, 15) is 4.79 Å². The summed E-state index contributed by atoms with van der Waals surface area (Å²) in [5.41, 5.74) is -0.0209. The second-order valence-corrected chi connectivity index (χ2v) is 5.27. The first kappa shape index (κ1) is 14.2. The van der Waals surface area contributed by atoms with Crippen LogP contribution in [0.5, 0.6) is 0 Å². The van der Waals surface area contributed by atoms with Crippen LogP contribution in [-0.4, -0.2) is 29.1 Å². The summed E-state index contributed by atoms with van der Waals surface area (Å²) in [6.45, 7) is 4.05. The average molecular weight is 277 g/mol. The number of halogens is 2. The molecule has 0 fully saturated rings. The van der Waals surface area contributed by atoms with Gasteiger partial charge in [0.1, 0.15) is 5.15 Å². The number of carbonyl (C=O) groups is 1. The van der Waals surface area contributed by atoms with Crippen LogP contribution in [0, 0.1) is 5.41 Å². The molecule has 0 saturated carbocycles. The van der Waals surface area contributed by atoms with Gasteiger partial charge in [-0.15, -0.1) is 0 Å². The Morgan fingerprint density at radius 2 is 2.18 bits per heavy atom. The Labute approximate surface area is 110 Å². The third-order valence-corrected chi connectivity index (χ3v) is 2.90. The highest BCUT2D eigenvalue weighted by Crippen LogP contribution is 2.19. The van der Waals surface area contributed by atoms with Gasteiger partial charge in [-0.3, -0.25) is 4.79 Å². The van der Waals surface area contributed by atoms with E-state index in [0.29, 0.717) is 12.1 Å². The molecule has 0 atom stereocenters. The van der Waals surface area contributed by atoms with E-state index in [-0.39, 0.29) is 28.1 Å². The van der Waals surface area contributed by atoms with E-state index >= 15 is 0 Å². The fourth-order valence-corrected chi connectivity index (χ4v) is 1.29. The van der Waals surface area contributed by atoms with Gasteiger partial charge < -0.3 is 10.4 Å². The highest BCUT2D eigenvalue weighted by atomic mass is 35.5. The van der Waals surface area contributed by atoms with Crippen LogP contribution < -0.4 is 5.32 Å². The van der Waals surface area contributed by atoms with Gasteiger partial charge in [0.2, 0.25) is 0 Å². The van der Waals surface area contributed by atoms with Crippen LogP contribution in [0.1, 0.15) is 24.2 Å². The van der Waals surface area contributed by atoms with Crippen LogP contribution in [0.4, 0.5) is 0 Å². The van der Waals surface area contributed by atoms with Gasteiger partial charge in [-0.05, 0) is 6.07 Å². The van der Waals surface area contributed by atoms with Crippen molar-refractivity contribution in [2.24, 2.45) is 5.41 Å². The molecule has 1 aromatic heterocycles. The molecule has 1 rings (SSSR count). The van der Waals surface area contributed by atoms with E-state index in [0.717, 1.165) is 0 Å². The average Bonchev–Trinajstić information content (AvgIpc) is 2.30. The lowest BCUT2D eigenvalue weighted by Gasteiger charge is -2.21. The van der Waals surface area contributed by atoms with E-state index < -0.39 is 0 Å². The molecule has 2 N–H and O–H groups in total. The minimum absolute atomic E-state index is 0.00704. The number of pyridine rings is 1. The summed E-state index contributed by atoms with van der Waals surface area (Å²) >= 11 is 11.4. The Kier molecular flexibility index (Phi) is 4.74. The molecule has 17 heavy (non-hydrogen) atoms. The van der Waals surface area contributed by atoms with E-state index in [2.05, 4.69) is 10.3 Å². The molecule has 4 nitrogen and oxygen atoms in total. The maximum atomic E-state index is 11.7. The molecule has 0 saturated heterocycles. The third-order valence-electron chi connectivity index (χ3n) is 2.21. The van der Waals surface area contributed by atoms with Gasteiger partial charge in [-0.2, -0.15) is 0 Å². The summed E-state index contributed by atoms with van der Waals surface area (Å²) < 4.78 is 0. The standard InChI is InChI=1S/C11H14Cl2N2O2/c1-11(2,6-16)5-15-10(17)7-3-8(12)9(13)14-4-7/h3-4,16H,5-6H2,1-2H3,(H,15,17). The molecule has 0 bridgehead atoms. The fourth-order valence-electron chi connectivity index (χ4n) is 1.02. The van der Waals surface area contributed by atoms with Gasteiger partial charge in [0.05, 0.1) is 10.6 Å². The van der Waals surface area contributed by atoms with Crippen LogP contribution in [0.25, 0.3) is 0 Å². The molecule has 1 heterocycles. The Morgan fingerprint density at radius 1 is 1.53 bits per heavy atom. The second kappa shape index (κ2) is 5.67. The monoisotopic (exact) mass is 276 g/mol. The van der Waals surface area contributed by atoms with Crippen molar-refractivity contribution in [2.75, 3.05) is 13.2 Å². The molecule has 0 aliphatic heterocycles. The van der Waals surface area contributed by atoms with Crippen molar-refractivity contribution in [3.8, 4) is 0 Å². The molecule has 1 amide bonds. The predicted molar refractivity (Wildman–Crippen MR) is 67.5 cm³/mol. The smallest absolute Gasteiger partial charge is 0.252 e. The predicted octanol–water partition coefficient (Wildman–Crippen LogP) is 2.14. The van der Waals surface area contributed by atoms with Crippen LogP contribution in [-0.2, 0) is 0 Å². The second-order valence-electron chi connectivity index (χ2n) is 4.50. The van der Waals surface area contributed by atoms with Crippen LogP contribution in [0.2, 0.25) is 10.2 Å². The molecule has 1 aromatic rings. The van der Waals surface area contributed by atoms with Crippen LogP contribution >= 0.6 is 23.2 Å². The summed E-state index contributed by atoms with van der Waals surface area (Å²) in [5, 5.41) is 12.2. The molecular weight excluding hydrogens is 263 g/mol. The largest absolute Gasteiger partial charge is 0.396 e. The number of hydrogen-bond acceptors (Lipinski definition) is 3. The normalized spacial score (nSPS) is 11.4. The summed E-state index contributed by atoms with van der Waals surface area (Å²) in [6, 6.07) is 1.46. The fraction of sp³-hybridized carbons (Fsp3) is 0.455. The van der Waals surface area contributed by atoms with Gasteiger partial charge in [-0.1, -0.05) is 37.0 Å². The highest BCUT2D eigenvalue weighted by molar-refractivity contribution is 6.41. The topological polar surface area (TPSA) is 62.2 Å². The zero-order valence-electron chi connectivity index (χ0n) is 9.63. The Hall–Kier alpha value is -0.840. The summed E-state index contributed by atoms with van der Waals surface area (Å²) in [6.07, 6.45) is 1.36. The number of carbonyl (C=O) groups excluding carboxylic acids is 1. The third kappa shape index (κ3) is 4.15. The van der Waals surface area contributed by atoms with Gasteiger partial charge in [0, 0.05) is 24.8 Å². The van der Waals surface area contributed by atoms with E-state index in [1.807, 2.05) is 13.8 Å². The van der Waals surface area contributed by atoms with Crippen molar-refractivity contribution in [3.63, 3.8) is 0 Å². The minimum atomic E-state index is -0.362. The summed E-state index contributed by atoms with van der Waals surface area (Å²) in [4.78, 5) is 15.5. The van der Waals surface area contributed by atoms with Crippen molar-refractivity contribution in [1.82, 2.24) is 10.3 Å². The van der Waals surface area contributed by atoms with Crippen molar-refractivity contribution in [1.29, 1.82) is 0 Å². The maximum Gasteiger partial charge on any atom is 0.252 e. The van der Waals surface area contributed by atoms with Crippen molar-refractivity contribution in [2.45, 2.75) is 13.8 Å². The number of nitrogens with one attached hydrogen (secondary N) is 1. The van der Waals surface area contributed by atoms with Gasteiger partial charge >= 0.3 is 0 Å². The Bertz CT molecular complexity index is 422. The highest BCUT2D eigenvalue weighted by Gasteiger charge is 2.18. The SMILES string of the molecule is CC(C)(CO)CNC(=O)c1cnc(Cl)c(Cl)c1. The first-order valence-corrected chi connectivity index (χ1v) is 5.81. The molecule has 0 aromatic carbocycles. The number of aliphatic hydroxyl groups is 1. The molecule has 0 radical (unpaired) electrons. The number of amides is 1. The van der Waals surface area contributed by atoms with E-state index in [1.54, 1.807) is 0 Å². The van der Waals surface area contributed by atoms with Crippen LogP contribution in [0.15, 0.2) is 12.3 Å². The van der Waals surface area contributed by atoms with Crippen molar-refractivity contribution < 1.29 is 9.90 Å². The first-order chi connectivity index (χ1) is 7.85. The lowest BCUT2D eigenvalue weighted by atomic mass is 9.95.